The van der Waals surface area contributed by atoms with Crippen molar-refractivity contribution in [1.29, 1.82) is 5.26 Å². The molecule has 4 heteroatoms. The van der Waals surface area contributed by atoms with Crippen LogP contribution in [0, 0.1) is 11.3 Å². The fourth-order valence-electron chi connectivity index (χ4n) is 2.50. The number of hydrogen-bond donors (Lipinski definition) is 0. The molecule has 0 N–H and O–H groups in total. The second-order valence-corrected chi connectivity index (χ2v) is 5.54. The Hall–Kier alpha value is -3.19. The summed E-state index contributed by atoms with van der Waals surface area (Å²) >= 11 is 0. The van der Waals surface area contributed by atoms with Gasteiger partial charge in [0.2, 0.25) is 0 Å². The molecule has 118 valence electrons. The van der Waals surface area contributed by atoms with Crippen molar-refractivity contribution in [2.24, 2.45) is 0 Å². The Morgan fingerprint density at radius 3 is 2.71 bits per heavy atom. The summed E-state index contributed by atoms with van der Waals surface area (Å²) < 4.78 is 5.25. The average molecular weight is 316 g/mol. The van der Waals surface area contributed by atoms with Gasteiger partial charge in [0.15, 0.2) is 0 Å². The highest BCUT2D eigenvalue weighted by Gasteiger charge is 2.06. The van der Waals surface area contributed by atoms with Gasteiger partial charge in [0, 0.05) is 24.4 Å². The SMILES string of the molecule is N#Cc1cncc(COC(=O)CCc2ccc3ccccc3c2)c1. The third-order valence-corrected chi connectivity index (χ3v) is 3.76. The van der Waals surface area contributed by atoms with Gasteiger partial charge in [-0.3, -0.25) is 9.78 Å². The van der Waals surface area contributed by atoms with Gasteiger partial charge >= 0.3 is 5.97 Å². The number of pyridine rings is 1. The van der Waals surface area contributed by atoms with Crippen LogP contribution >= 0.6 is 0 Å². The maximum absolute atomic E-state index is 11.9. The zero-order valence-corrected chi connectivity index (χ0v) is 13.1. The van der Waals surface area contributed by atoms with E-state index in [1.165, 1.54) is 17.0 Å². The highest BCUT2D eigenvalue weighted by molar-refractivity contribution is 5.83. The Labute approximate surface area is 140 Å². The summed E-state index contributed by atoms with van der Waals surface area (Å²) in [6, 6.07) is 18.0. The molecular weight excluding hydrogens is 300 g/mol. The number of carbonyl (C=O) groups is 1. The molecule has 0 unspecified atom stereocenters. The first-order chi connectivity index (χ1) is 11.7. The first-order valence-electron chi connectivity index (χ1n) is 7.72. The van der Waals surface area contributed by atoms with Crippen LogP contribution < -0.4 is 0 Å². The summed E-state index contributed by atoms with van der Waals surface area (Å²) in [4.78, 5) is 15.8. The molecule has 0 aliphatic rings. The normalized spacial score (nSPS) is 10.3. The summed E-state index contributed by atoms with van der Waals surface area (Å²) in [6.45, 7) is 0.138. The van der Waals surface area contributed by atoms with Crippen molar-refractivity contribution >= 4 is 16.7 Å². The van der Waals surface area contributed by atoms with E-state index in [4.69, 9.17) is 10.00 Å². The Morgan fingerprint density at radius 2 is 1.88 bits per heavy atom. The van der Waals surface area contributed by atoms with E-state index in [0.29, 0.717) is 24.0 Å². The molecule has 3 aromatic rings. The lowest BCUT2D eigenvalue weighted by molar-refractivity contribution is -0.144. The topological polar surface area (TPSA) is 63.0 Å². The molecule has 0 amide bonds. The highest BCUT2D eigenvalue weighted by Crippen LogP contribution is 2.17. The summed E-state index contributed by atoms with van der Waals surface area (Å²) in [5, 5.41) is 11.2. The predicted octanol–water partition coefficient (Wildman–Crippen LogP) is 3.78. The number of ether oxygens (including phenoxy) is 1. The van der Waals surface area contributed by atoms with Crippen molar-refractivity contribution in [1.82, 2.24) is 4.98 Å². The van der Waals surface area contributed by atoms with Crippen LogP contribution in [0.5, 0.6) is 0 Å². The molecule has 0 saturated carbocycles. The average Bonchev–Trinajstić information content (AvgIpc) is 2.64. The van der Waals surface area contributed by atoms with Crippen LogP contribution in [0.2, 0.25) is 0 Å². The lowest BCUT2D eigenvalue weighted by Gasteiger charge is -2.06. The summed E-state index contributed by atoms with van der Waals surface area (Å²) in [7, 11) is 0. The molecule has 1 heterocycles. The monoisotopic (exact) mass is 316 g/mol. The van der Waals surface area contributed by atoms with Crippen molar-refractivity contribution in [2.45, 2.75) is 19.4 Å². The molecule has 0 spiro atoms. The van der Waals surface area contributed by atoms with E-state index in [2.05, 4.69) is 29.2 Å². The second kappa shape index (κ2) is 7.38. The number of nitrogens with zero attached hydrogens (tertiary/aromatic N) is 2. The number of aryl methyl sites for hydroxylation is 1. The Kier molecular flexibility index (Phi) is 4.83. The summed E-state index contributed by atoms with van der Waals surface area (Å²) in [5.74, 6) is -0.259. The van der Waals surface area contributed by atoms with Gasteiger partial charge in [-0.25, -0.2) is 0 Å². The molecule has 0 bridgehead atoms. The molecule has 2 aromatic carbocycles. The third-order valence-electron chi connectivity index (χ3n) is 3.76. The minimum Gasteiger partial charge on any atom is -0.461 e. The Bertz CT molecular complexity index is 913. The van der Waals surface area contributed by atoms with Crippen LogP contribution in [-0.4, -0.2) is 11.0 Å². The number of hydrogen-bond acceptors (Lipinski definition) is 4. The van der Waals surface area contributed by atoms with E-state index in [9.17, 15) is 4.79 Å². The number of aromatic nitrogens is 1. The number of carbonyl (C=O) groups excluding carboxylic acids is 1. The van der Waals surface area contributed by atoms with Crippen molar-refractivity contribution in [2.75, 3.05) is 0 Å². The quantitative estimate of drug-likeness (QED) is 0.672. The largest absolute Gasteiger partial charge is 0.461 e. The van der Waals surface area contributed by atoms with E-state index in [1.807, 2.05) is 24.3 Å². The smallest absolute Gasteiger partial charge is 0.306 e. The Morgan fingerprint density at radius 1 is 1.04 bits per heavy atom. The van der Waals surface area contributed by atoms with Gasteiger partial charge in [-0.2, -0.15) is 5.26 Å². The fraction of sp³-hybridized carbons (Fsp3) is 0.150. The zero-order valence-electron chi connectivity index (χ0n) is 13.1. The summed E-state index contributed by atoms with van der Waals surface area (Å²) in [6.07, 6.45) is 4.03. The van der Waals surface area contributed by atoms with Crippen molar-refractivity contribution in [3.8, 4) is 6.07 Å². The van der Waals surface area contributed by atoms with Crippen molar-refractivity contribution in [3.63, 3.8) is 0 Å². The number of rotatable bonds is 5. The van der Waals surface area contributed by atoms with Gasteiger partial charge in [0.05, 0.1) is 5.56 Å². The number of nitriles is 1. The first kappa shape index (κ1) is 15.7. The van der Waals surface area contributed by atoms with Gasteiger partial charge in [0.1, 0.15) is 12.7 Å². The molecule has 0 fully saturated rings. The van der Waals surface area contributed by atoms with Gasteiger partial charge in [-0.05, 0) is 28.8 Å². The van der Waals surface area contributed by atoms with Crippen LogP contribution in [0.25, 0.3) is 10.8 Å². The van der Waals surface area contributed by atoms with Gasteiger partial charge in [-0.15, -0.1) is 0 Å². The van der Waals surface area contributed by atoms with Crippen LogP contribution in [-0.2, 0) is 22.6 Å². The van der Waals surface area contributed by atoms with E-state index in [0.717, 1.165) is 5.56 Å². The highest BCUT2D eigenvalue weighted by atomic mass is 16.5. The molecule has 0 aliphatic carbocycles. The van der Waals surface area contributed by atoms with Crippen molar-refractivity contribution in [3.05, 3.63) is 77.6 Å². The van der Waals surface area contributed by atoms with Crippen LogP contribution in [0.3, 0.4) is 0 Å². The lowest BCUT2D eigenvalue weighted by atomic mass is 10.0. The first-order valence-corrected chi connectivity index (χ1v) is 7.72. The van der Waals surface area contributed by atoms with Gasteiger partial charge in [-0.1, -0.05) is 42.5 Å². The maximum atomic E-state index is 11.9. The standard InChI is InChI=1S/C20H16N2O2/c21-11-16-9-17(13-22-12-16)14-24-20(23)8-6-15-5-7-18-3-1-2-4-19(18)10-15/h1-5,7,9-10,12-13H,6,8,14H2. The fourth-order valence-corrected chi connectivity index (χ4v) is 2.50. The molecule has 3 rings (SSSR count). The van der Waals surface area contributed by atoms with E-state index in [-0.39, 0.29) is 12.6 Å². The van der Waals surface area contributed by atoms with Crippen molar-refractivity contribution < 1.29 is 9.53 Å². The minimum absolute atomic E-state index is 0.138. The maximum Gasteiger partial charge on any atom is 0.306 e. The third kappa shape index (κ3) is 3.96. The molecule has 1 aromatic heterocycles. The molecular formula is C20H16N2O2. The van der Waals surface area contributed by atoms with Gasteiger partial charge in [0.25, 0.3) is 0 Å². The number of esters is 1. The predicted molar refractivity (Wildman–Crippen MR) is 91.0 cm³/mol. The second-order valence-electron chi connectivity index (χ2n) is 5.54. The zero-order chi connectivity index (χ0) is 16.8. The molecule has 0 radical (unpaired) electrons. The van der Waals surface area contributed by atoms with E-state index >= 15 is 0 Å². The van der Waals surface area contributed by atoms with E-state index in [1.54, 1.807) is 12.3 Å². The van der Waals surface area contributed by atoms with Gasteiger partial charge < -0.3 is 4.74 Å². The molecule has 0 saturated heterocycles. The van der Waals surface area contributed by atoms with Crippen LogP contribution in [0.15, 0.2) is 60.9 Å². The Balaban J connectivity index is 1.54. The number of fused-ring (bicyclic) bond motifs is 1. The van der Waals surface area contributed by atoms with E-state index < -0.39 is 0 Å². The molecule has 0 aliphatic heterocycles. The molecule has 24 heavy (non-hydrogen) atoms. The minimum atomic E-state index is -0.259. The molecule has 4 nitrogen and oxygen atoms in total. The van der Waals surface area contributed by atoms with Crippen LogP contribution in [0.4, 0.5) is 0 Å². The number of benzene rings is 2. The lowest BCUT2D eigenvalue weighted by Crippen LogP contribution is -2.06. The molecule has 0 atom stereocenters. The van der Waals surface area contributed by atoms with Crippen LogP contribution in [0.1, 0.15) is 23.1 Å². The summed E-state index contributed by atoms with van der Waals surface area (Å²) in [5.41, 5.74) is 2.28.